The maximum atomic E-state index is 11.3. The lowest BCUT2D eigenvalue weighted by Crippen LogP contribution is -2.08. The Hall–Kier alpha value is -2.06. The molecule has 0 saturated heterocycles. The molecule has 0 aliphatic rings. The first-order valence-electron chi connectivity index (χ1n) is 5.22. The number of hydrogen-bond donors (Lipinski definition) is 2. The van der Waals surface area contributed by atoms with Gasteiger partial charge in [-0.05, 0) is 24.6 Å². The van der Waals surface area contributed by atoms with E-state index >= 15 is 0 Å². The average molecular weight is 234 g/mol. The number of carbonyl (C=O) groups excluding carboxylic acids is 1. The summed E-state index contributed by atoms with van der Waals surface area (Å²) < 4.78 is 4.79. The van der Waals surface area contributed by atoms with Crippen LogP contribution in [0.2, 0.25) is 0 Å². The lowest BCUT2D eigenvalue weighted by atomic mass is 10.0. The zero-order valence-corrected chi connectivity index (χ0v) is 9.56. The maximum Gasteiger partial charge on any atom is 0.310 e. The number of hydrogen-bond acceptors (Lipinski definition) is 5. The van der Waals surface area contributed by atoms with Crippen LogP contribution in [0.1, 0.15) is 23.6 Å². The third kappa shape index (κ3) is 3.20. The number of ether oxygens (including phenoxy) is 1. The number of nitrogens with zero attached hydrogens (tertiary/aromatic N) is 1. The highest BCUT2D eigenvalue weighted by Crippen LogP contribution is 2.23. The van der Waals surface area contributed by atoms with Gasteiger partial charge in [0.25, 0.3) is 0 Å². The molecule has 0 saturated carbocycles. The summed E-state index contributed by atoms with van der Waals surface area (Å²) in [6.45, 7) is 2.10. The minimum atomic E-state index is -0.392. The van der Waals surface area contributed by atoms with Gasteiger partial charge in [-0.15, -0.1) is 0 Å². The highest BCUT2D eigenvalue weighted by molar-refractivity contribution is 5.73. The molecule has 3 N–H and O–H groups in total. The van der Waals surface area contributed by atoms with E-state index in [4.69, 9.17) is 15.7 Å². The molecule has 0 heterocycles. The molecule has 0 aliphatic carbocycles. The summed E-state index contributed by atoms with van der Waals surface area (Å²) in [6.07, 6.45) is 0.0287. The van der Waals surface area contributed by atoms with E-state index in [0.29, 0.717) is 17.7 Å². The van der Waals surface area contributed by atoms with Crippen LogP contribution in [-0.4, -0.2) is 17.7 Å². The van der Waals surface area contributed by atoms with Gasteiger partial charge < -0.3 is 15.6 Å². The SMILES string of the molecule is CCOC(=O)Cc1cc(O)c(CN)c(C#N)c1. The molecule has 0 radical (unpaired) electrons. The molecular weight excluding hydrogens is 220 g/mol. The molecular formula is C12H14N2O3. The van der Waals surface area contributed by atoms with Crippen LogP contribution in [-0.2, 0) is 22.5 Å². The fraction of sp³-hybridized carbons (Fsp3) is 0.333. The Labute approximate surface area is 99.4 Å². The number of carbonyl (C=O) groups is 1. The molecule has 0 bridgehead atoms. The van der Waals surface area contributed by atoms with Gasteiger partial charge in [0.05, 0.1) is 24.7 Å². The third-order valence-corrected chi connectivity index (χ3v) is 2.26. The van der Waals surface area contributed by atoms with Gasteiger partial charge in [-0.2, -0.15) is 5.26 Å². The lowest BCUT2D eigenvalue weighted by molar-refractivity contribution is -0.142. The largest absolute Gasteiger partial charge is 0.508 e. The van der Waals surface area contributed by atoms with E-state index in [1.54, 1.807) is 13.0 Å². The van der Waals surface area contributed by atoms with Crippen LogP contribution < -0.4 is 5.73 Å². The molecule has 5 heteroatoms. The summed E-state index contributed by atoms with van der Waals surface area (Å²) in [5, 5.41) is 18.6. The van der Waals surface area contributed by atoms with E-state index in [0.717, 1.165) is 0 Å². The van der Waals surface area contributed by atoms with Crippen LogP contribution in [0.15, 0.2) is 12.1 Å². The van der Waals surface area contributed by atoms with Crippen molar-refractivity contribution < 1.29 is 14.6 Å². The fourth-order valence-corrected chi connectivity index (χ4v) is 1.51. The quantitative estimate of drug-likeness (QED) is 0.752. The van der Waals surface area contributed by atoms with Crippen molar-refractivity contribution in [3.8, 4) is 11.8 Å². The van der Waals surface area contributed by atoms with E-state index in [1.807, 2.05) is 6.07 Å². The number of benzene rings is 1. The van der Waals surface area contributed by atoms with E-state index in [2.05, 4.69) is 0 Å². The maximum absolute atomic E-state index is 11.3. The summed E-state index contributed by atoms with van der Waals surface area (Å²) in [7, 11) is 0. The summed E-state index contributed by atoms with van der Waals surface area (Å²) in [6, 6.07) is 4.91. The van der Waals surface area contributed by atoms with Crippen molar-refractivity contribution in [3.63, 3.8) is 0 Å². The molecule has 0 aromatic heterocycles. The number of nitriles is 1. The molecule has 0 amide bonds. The third-order valence-electron chi connectivity index (χ3n) is 2.26. The smallest absolute Gasteiger partial charge is 0.310 e. The van der Waals surface area contributed by atoms with Crippen LogP contribution in [0.25, 0.3) is 0 Å². The van der Waals surface area contributed by atoms with Crippen LogP contribution in [0.3, 0.4) is 0 Å². The first-order chi connectivity index (χ1) is 8.12. The highest BCUT2D eigenvalue weighted by atomic mass is 16.5. The molecule has 0 spiro atoms. The predicted octanol–water partition coefficient (Wildman–Crippen LogP) is 0.828. The molecule has 0 atom stereocenters. The van der Waals surface area contributed by atoms with Crippen molar-refractivity contribution in [2.24, 2.45) is 5.73 Å². The van der Waals surface area contributed by atoms with E-state index < -0.39 is 5.97 Å². The second-order valence-corrected chi connectivity index (χ2v) is 3.44. The summed E-state index contributed by atoms with van der Waals surface area (Å²) in [5.41, 5.74) is 6.63. The van der Waals surface area contributed by atoms with E-state index in [-0.39, 0.29) is 24.3 Å². The highest BCUT2D eigenvalue weighted by Gasteiger charge is 2.11. The van der Waals surface area contributed by atoms with Crippen molar-refractivity contribution >= 4 is 5.97 Å². The van der Waals surface area contributed by atoms with E-state index in [1.165, 1.54) is 6.07 Å². The van der Waals surface area contributed by atoms with Crippen molar-refractivity contribution in [1.29, 1.82) is 5.26 Å². The number of nitrogens with two attached hydrogens (primary N) is 1. The summed E-state index contributed by atoms with van der Waals surface area (Å²) >= 11 is 0. The summed E-state index contributed by atoms with van der Waals surface area (Å²) in [5.74, 6) is -0.456. The van der Waals surface area contributed by atoms with Crippen LogP contribution >= 0.6 is 0 Å². The Morgan fingerprint density at radius 3 is 2.82 bits per heavy atom. The van der Waals surface area contributed by atoms with Crippen LogP contribution in [0.4, 0.5) is 0 Å². The predicted molar refractivity (Wildman–Crippen MR) is 61.1 cm³/mol. The van der Waals surface area contributed by atoms with Crippen LogP contribution in [0, 0.1) is 11.3 Å². The number of rotatable bonds is 4. The monoisotopic (exact) mass is 234 g/mol. The molecule has 1 aromatic rings. The van der Waals surface area contributed by atoms with E-state index in [9.17, 15) is 9.90 Å². The standard InChI is InChI=1S/C12H14N2O3/c1-2-17-12(16)5-8-3-9(6-13)10(7-14)11(15)4-8/h3-4,15H,2,5,7,14H2,1H3. The molecule has 1 rings (SSSR count). The molecule has 1 aromatic carbocycles. The minimum Gasteiger partial charge on any atom is -0.508 e. The number of phenols is 1. The molecule has 5 nitrogen and oxygen atoms in total. The van der Waals surface area contributed by atoms with Crippen LogP contribution in [0.5, 0.6) is 5.75 Å². The van der Waals surface area contributed by atoms with Crippen molar-refractivity contribution in [3.05, 3.63) is 28.8 Å². The number of esters is 1. The van der Waals surface area contributed by atoms with Gasteiger partial charge in [-0.3, -0.25) is 4.79 Å². The second kappa shape index (κ2) is 5.87. The van der Waals surface area contributed by atoms with Gasteiger partial charge in [0, 0.05) is 12.1 Å². The molecule has 0 unspecified atom stereocenters. The Bertz CT molecular complexity index is 464. The summed E-state index contributed by atoms with van der Waals surface area (Å²) in [4.78, 5) is 11.3. The normalized spacial score (nSPS) is 9.71. The topological polar surface area (TPSA) is 96.3 Å². The van der Waals surface area contributed by atoms with Gasteiger partial charge in [0.1, 0.15) is 5.75 Å². The van der Waals surface area contributed by atoms with Gasteiger partial charge in [-0.1, -0.05) is 0 Å². The number of aromatic hydroxyl groups is 1. The van der Waals surface area contributed by atoms with Crippen molar-refractivity contribution in [1.82, 2.24) is 0 Å². The molecule has 0 aliphatic heterocycles. The van der Waals surface area contributed by atoms with Gasteiger partial charge in [0.15, 0.2) is 0 Å². The van der Waals surface area contributed by atoms with Crippen molar-refractivity contribution in [2.75, 3.05) is 6.61 Å². The van der Waals surface area contributed by atoms with Gasteiger partial charge in [-0.25, -0.2) is 0 Å². The van der Waals surface area contributed by atoms with Crippen molar-refractivity contribution in [2.45, 2.75) is 19.9 Å². The fourth-order valence-electron chi connectivity index (χ4n) is 1.51. The molecule has 90 valence electrons. The first-order valence-corrected chi connectivity index (χ1v) is 5.22. The average Bonchev–Trinajstić information content (AvgIpc) is 2.28. The Morgan fingerprint density at radius 1 is 1.59 bits per heavy atom. The zero-order valence-electron chi connectivity index (χ0n) is 9.56. The Kier molecular flexibility index (Phi) is 4.49. The zero-order chi connectivity index (χ0) is 12.8. The Morgan fingerprint density at radius 2 is 2.29 bits per heavy atom. The van der Waals surface area contributed by atoms with Gasteiger partial charge in [0.2, 0.25) is 0 Å². The van der Waals surface area contributed by atoms with Gasteiger partial charge >= 0.3 is 5.97 Å². The second-order valence-electron chi connectivity index (χ2n) is 3.44. The lowest BCUT2D eigenvalue weighted by Gasteiger charge is -2.08. The number of phenolic OH excluding ortho intramolecular Hbond substituents is 1. The minimum absolute atomic E-state index is 0.0287. The molecule has 17 heavy (non-hydrogen) atoms. The first kappa shape index (κ1) is 13.0. The molecule has 0 fully saturated rings. The Balaban J connectivity index is 3.00.